The summed E-state index contributed by atoms with van der Waals surface area (Å²) in [6.45, 7) is -0.270. The average molecular weight is 304 g/mol. The number of halogens is 4. The number of Topliss-reactive ketones (excluding diaryl/α,β-unsaturated/α-hetero) is 1. The van der Waals surface area contributed by atoms with Crippen molar-refractivity contribution in [1.82, 2.24) is 0 Å². The zero-order chi connectivity index (χ0) is 15.5. The first-order valence-electron chi connectivity index (χ1n) is 6.90. The molecule has 0 heterocycles. The number of hydrogen-bond acceptors (Lipinski definition) is 2. The van der Waals surface area contributed by atoms with Crippen LogP contribution < -0.4 is 4.74 Å². The van der Waals surface area contributed by atoms with Crippen molar-refractivity contribution in [3.8, 4) is 5.75 Å². The number of ketones is 1. The van der Waals surface area contributed by atoms with Crippen molar-refractivity contribution in [3.05, 3.63) is 29.6 Å². The monoisotopic (exact) mass is 304 g/mol. The van der Waals surface area contributed by atoms with Crippen molar-refractivity contribution >= 4 is 5.78 Å². The number of rotatable bonds is 4. The van der Waals surface area contributed by atoms with Crippen LogP contribution >= 0.6 is 0 Å². The van der Waals surface area contributed by atoms with Gasteiger partial charge in [0, 0.05) is 5.92 Å². The highest BCUT2D eigenvalue weighted by molar-refractivity contribution is 5.82. The first-order chi connectivity index (χ1) is 9.88. The minimum absolute atomic E-state index is 0.0683. The van der Waals surface area contributed by atoms with Crippen LogP contribution in [0, 0.1) is 11.7 Å². The second kappa shape index (κ2) is 6.45. The van der Waals surface area contributed by atoms with E-state index in [1.54, 1.807) is 0 Å². The van der Waals surface area contributed by atoms with Crippen LogP contribution in [-0.4, -0.2) is 12.4 Å². The van der Waals surface area contributed by atoms with Gasteiger partial charge in [-0.2, -0.15) is 13.2 Å². The molecular weight excluding hydrogens is 288 g/mol. The van der Waals surface area contributed by atoms with Crippen LogP contribution in [0.5, 0.6) is 5.75 Å². The first-order valence-corrected chi connectivity index (χ1v) is 6.90. The maximum Gasteiger partial charge on any atom is 0.419 e. The third-order valence-corrected chi connectivity index (χ3v) is 3.68. The molecule has 0 radical (unpaired) electrons. The molecule has 2 rings (SSSR count). The Kier molecular flexibility index (Phi) is 4.85. The fraction of sp³-hybridized carbons (Fsp3) is 0.533. The van der Waals surface area contributed by atoms with E-state index in [-0.39, 0.29) is 24.1 Å². The van der Waals surface area contributed by atoms with Crippen LogP contribution in [0.3, 0.4) is 0 Å². The van der Waals surface area contributed by atoms with Crippen LogP contribution in [0.2, 0.25) is 0 Å². The van der Waals surface area contributed by atoms with Crippen LogP contribution in [0.1, 0.15) is 37.7 Å². The average Bonchev–Trinajstić information content (AvgIpc) is 2.45. The molecule has 1 aromatic rings. The lowest BCUT2D eigenvalue weighted by Gasteiger charge is -2.20. The largest absolute Gasteiger partial charge is 0.486 e. The molecule has 1 aromatic carbocycles. The van der Waals surface area contributed by atoms with Crippen molar-refractivity contribution < 1.29 is 27.1 Å². The number of benzene rings is 1. The molecule has 1 aliphatic rings. The molecule has 0 N–H and O–H groups in total. The van der Waals surface area contributed by atoms with Crippen LogP contribution in [0.15, 0.2) is 18.2 Å². The molecule has 0 aliphatic heterocycles. The van der Waals surface area contributed by atoms with Crippen LogP contribution in [0.25, 0.3) is 0 Å². The molecule has 0 amide bonds. The van der Waals surface area contributed by atoms with Crippen molar-refractivity contribution in [3.63, 3.8) is 0 Å². The van der Waals surface area contributed by atoms with Crippen molar-refractivity contribution in [2.45, 2.75) is 38.3 Å². The van der Waals surface area contributed by atoms with Gasteiger partial charge in [-0.3, -0.25) is 4.79 Å². The Morgan fingerprint density at radius 2 is 1.86 bits per heavy atom. The second-order valence-corrected chi connectivity index (χ2v) is 5.23. The lowest BCUT2D eigenvalue weighted by atomic mass is 9.86. The predicted molar refractivity (Wildman–Crippen MR) is 68.5 cm³/mol. The molecule has 116 valence electrons. The summed E-state index contributed by atoms with van der Waals surface area (Å²) in [7, 11) is 0. The fourth-order valence-corrected chi connectivity index (χ4v) is 2.51. The summed E-state index contributed by atoms with van der Waals surface area (Å²) in [5.41, 5.74) is -1.38. The normalized spacial score (nSPS) is 16.8. The Morgan fingerprint density at radius 1 is 1.19 bits per heavy atom. The molecule has 0 bridgehead atoms. The summed E-state index contributed by atoms with van der Waals surface area (Å²) >= 11 is 0. The van der Waals surface area contributed by atoms with Gasteiger partial charge in [0.25, 0.3) is 0 Å². The molecule has 2 nitrogen and oxygen atoms in total. The lowest BCUT2D eigenvalue weighted by molar-refractivity contribution is -0.140. The Labute approximate surface area is 120 Å². The van der Waals surface area contributed by atoms with Gasteiger partial charge in [0.05, 0.1) is 5.56 Å². The van der Waals surface area contributed by atoms with Gasteiger partial charge in [-0.15, -0.1) is 0 Å². The van der Waals surface area contributed by atoms with Gasteiger partial charge in [0.2, 0.25) is 0 Å². The van der Waals surface area contributed by atoms with Crippen LogP contribution in [-0.2, 0) is 11.0 Å². The van der Waals surface area contributed by atoms with Gasteiger partial charge in [-0.25, -0.2) is 4.39 Å². The van der Waals surface area contributed by atoms with E-state index in [9.17, 15) is 22.4 Å². The van der Waals surface area contributed by atoms with Gasteiger partial charge in [-0.1, -0.05) is 19.3 Å². The number of hydrogen-bond donors (Lipinski definition) is 0. The molecule has 0 saturated heterocycles. The second-order valence-electron chi connectivity index (χ2n) is 5.23. The van der Waals surface area contributed by atoms with E-state index in [0.29, 0.717) is 12.1 Å². The topological polar surface area (TPSA) is 26.3 Å². The molecule has 0 aromatic heterocycles. The van der Waals surface area contributed by atoms with E-state index in [2.05, 4.69) is 0 Å². The summed E-state index contributed by atoms with van der Waals surface area (Å²) in [5.74, 6) is -1.67. The SMILES string of the molecule is O=C(COc1ccc(F)c(C(F)(F)F)c1)C1CCCCC1. The summed E-state index contributed by atoms with van der Waals surface area (Å²) < 4.78 is 55.9. The molecule has 1 saturated carbocycles. The van der Waals surface area contributed by atoms with E-state index < -0.39 is 17.6 Å². The molecule has 0 spiro atoms. The number of alkyl halides is 3. The molecule has 6 heteroatoms. The van der Waals surface area contributed by atoms with Gasteiger partial charge in [-0.05, 0) is 31.0 Å². The maximum atomic E-state index is 13.1. The molecule has 21 heavy (non-hydrogen) atoms. The number of ether oxygens (including phenoxy) is 1. The molecule has 0 unspecified atom stereocenters. The summed E-state index contributed by atoms with van der Waals surface area (Å²) in [6, 6.07) is 2.38. The summed E-state index contributed by atoms with van der Waals surface area (Å²) in [4.78, 5) is 11.9. The van der Waals surface area contributed by atoms with Crippen molar-refractivity contribution in [1.29, 1.82) is 0 Å². The Balaban J connectivity index is 1.98. The zero-order valence-corrected chi connectivity index (χ0v) is 11.4. The lowest BCUT2D eigenvalue weighted by Crippen LogP contribution is -2.23. The summed E-state index contributed by atoms with van der Waals surface area (Å²) in [5, 5.41) is 0. The van der Waals surface area contributed by atoms with Crippen molar-refractivity contribution in [2.24, 2.45) is 5.92 Å². The van der Waals surface area contributed by atoms with Crippen molar-refractivity contribution in [2.75, 3.05) is 6.61 Å². The highest BCUT2D eigenvalue weighted by Gasteiger charge is 2.34. The Bertz CT molecular complexity index is 505. The Hall–Kier alpha value is -1.59. The zero-order valence-electron chi connectivity index (χ0n) is 11.4. The fourth-order valence-electron chi connectivity index (χ4n) is 2.51. The van der Waals surface area contributed by atoms with Gasteiger partial charge in [0.15, 0.2) is 5.78 Å². The van der Waals surface area contributed by atoms with Gasteiger partial charge >= 0.3 is 6.18 Å². The van der Waals surface area contributed by atoms with E-state index >= 15 is 0 Å². The molecular formula is C15H16F4O2. The third-order valence-electron chi connectivity index (χ3n) is 3.68. The highest BCUT2D eigenvalue weighted by Crippen LogP contribution is 2.33. The van der Waals surface area contributed by atoms with Crippen LogP contribution in [0.4, 0.5) is 17.6 Å². The number of carbonyl (C=O) groups excluding carboxylic acids is 1. The quantitative estimate of drug-likeness (QED) is 0.772. The molecule has 1 fully saturated rings. The minimum atomic E-state index is -4.78. The van der Waals surface area contributed by atoms with E-state index in [4.69, 9.17) is 4.74 Å². The summed E-state index contributed by atoms with van der Waals surface area (Å²) in [6.07, 6.45) is -0.0798. The smallest absolute Gasteiger partial charge is 0.419 e. The van der Waals surface area contributed by atoms with E-state index in [1.165, 1.54) is 0 Å². The molecule has 1 aliphatic carbocycles. The first kappa shape index (κ1) is 15.8. The van der Waals surface area contributed by atoms with E-state index in [0.717, 1.165) is 38.2 Å². The van der Waals surface area contributed by atoms with E-state index in [1.807, 2.05) is 0 Å². The predicted octanol–water partition coefficient (Wildman–Crippen LogP) is 4.37. The minimum Gasteiger partial charge on any atom is -0.486 e. The van der Waals surface area contributed by atoms with Gasteiger partial charge in [0.1, 0.15) is 18.2 Å². The third kappa shape index (κ3) is 4.19. The molecule has 0 atom stereocenters. The van der Waals surface area contributed by atoms with Gasteiger partial charge < -0.3 is 4.74 Å². The maximum absolute atomic E-state index is 13.1. The highest BCUT2D eigenvalue weighted by atomic mass is 19.4. The standard InChI is InChI=1S/C15H16F4O2/c16-13-7-6-11(8-12(13)15(17,18)19)21-9-14(20)10-4-2-1-3-5-10/h6-8,10H,1-5,9H2. The Morgan fingerprint density at radius 3 is 2.48 bits per heavy atom. The number of carbonyl (C=O) groups is 1.